The summed E-state index contributed by atoms with van der Waals surface area (Å²) in [6.07, 6.45) is 4.91. The van der Waals surface area contributed by atoms with Crippen molar-refractivity contribution in [3.8, 4) is 0 Å². The molecule has 5 rings (SSSR count). The standard InChI is InChI=1S/C28H28N2O5/c1-16(2)35-28(34)18-10-12-21(13-11-18)29-25(31)22(14-17-6-4-3-5-7-17)30-26(32)23-19-8-9-20(15-19)24(23)27(30)33/h3-13,16,19-20,22-24H,14-15H2,1-2H3,(H,29,31)/t19-,20+,22-,23-,24-/m0/s1. The predicted octanol–water partition coefficient (Wildman–Crippen LogP) is 3.61. The number of anilines is 1. The molecule has 1 N–H and O–H groups in total. The molecule has 0 spiro atoms. The van der Waals surface area contributed by atoms with Crippen molar-refractivity contribution in [2.24, 2.45) is 23.7 Å². The molecule has 7 heteroatoms. The number of nitrogens with zero attached hydrogens (tertiary/aromatic N) is 1. The lowest BCUT2D eigenvalue weighted by molar-refractivity contribution is -0.147. The maximum atomic E-state index is 13.5. The number of likely N-dealkylation sites (tertiary alicyclic amines) is 1. The van der Waals surface area contributed by atoms with Crippen LogP contribution >= 0.6 is 0 Å². The van der Waals surface area contributed by atoms with Crippen molar-refractivity contribution in [3.05, 3.63) is 77.9 Å². The lowest BCUT2D eigenvalue weighted by atomic mass is 9.85. The van der Waals surface area contributed by atoms with Gasteiger partial charge in [-0.15, -0.1) is 0 Å². The van der Waals surface area contributed by atoms with Crippen LogP contribution in [0.25, 0.3) is 0 Å². The molecule has 3 amide bonds. The number of rotatable bonds is 7. The summed E-state index contributed by atoms with van der Waals surface area (Å²) in [5.41, 5.74) is 1.70. The normalized spacial score (nSPS) is 25.2. The van der Waals surface area contributed by atoms with Gasteiger partial charge in [0.05, 0.1) is 23.5 Å². The highest BCUT2D eigenvalue weighted by Crippen LogP contribution is 2.53. The number of nitrogens with one attached hydrogen (secondary N) is 1. The van der Waals surface area contributed by atoms with E-state index in [1.165, 1.54) is 4.90 Å². The number of fused-ring (bicyclic) bond motifs is 5. The molecule has 3 aliphatic rings. The number of benzene rings is 2. The van der Waals surface area contributed by atoms with Gasteiger partial charge in [-0.25, -0.2) is 4.79 Å². The maximum Gasteiger partial charge on any atom is 0.338 e. The number of hydrogen-bond acceptors (Lipinski definition) is 5. The number of imide groups is 1. The lowest BCUT2D eigenvalue weighted by Gasteiger charge is -2.27. The van der Waals surface area contributed by atoms with Gasteiger partial charge in [-0.2, -0.15) is 0 Å². The first-order valence-corrected chi connectivity index (χ1v) is 12.0. The molecule has 2 aliphatic carbocycles. The van der Waals surface area contributed by atoms with E-state index in [0.717, 1.165) is 12.0 Å². The molecule has 2 bridgehead atoms. The van der Waals surface area contributed by atoms with Crippen LogP contribution < -0.4 is 5.32 Å². The number of carbonyl (C=O) groups excluding carboxylic acids is 4. The summed E-state index contributed by atoms with van der Waals surface area (Å²) in [4.78, 5) is 53.6. The van der Waals surface area contributed by atoms with Gasteiger partial charge in [-0.3, -0.25) is 19.3 Å². The van der Waals surface area contributed by atoms with Crippen molar-refractivity contribution < 1.29 is 23.9 Å². The van der Waals surface area contributed by atoms with Gasteiger partial charge in [-0.05, 0) is 61.9 Å². The molecule has 0 unspecified atom stereocenters. The number of carbonyl (C=O) groups is 4. The second-order valence-electron chi connectivity index (χ2n) is 9.77. The molecule has 0 aromatic heterocycles. The number of ether oxygens (including phenoxy) is 1. The van der Waals surface area contributed by atoms with E-state index < -0.39 is 17.9 Å². The molecule has 1 aliphatic heterocycles. The topological polar surface area (TPSA) is 92.8 Å². The average molecular weight is 473 g/mol. The molecule has 180 valence electrons. The van der Waals surface area contributed by atoms with Crippen LogP contribution in [0.4, 0.5) is 5.69 Å². The number of amides is 3. The summed E-state index contributed by atoms with van der Waals surface area (Å²) in [6.45, 7) is 3.55. The molecule has 5 atom stereocenters. The van der Waals surface area contributed by atoms with Crippen LogP contribution in [-0.2, 0) is 25.5 Å². The Morgan fingerprint density at radius 3 is 2.11 bits per heavy atom. The van der Waals surface area contributed by atoms with Crippen LogP contribution in [0.3, 0.4) is 0 Å². The SMILES string of the molecule is CC(C)OC(=O)c1ccc(NC(=O)[C@H](Cc2ccccc2)N2C(=O)[C@@H]3[C@@H](C2=O)[C@H]2C=C[C@@H]3C2)cc1. The van der Waals surface area contributed by atoms with E-state index >= 15 is 0 Å². The largest absolute Gasteiger partial charge is 0.459 e. The zero-order valence-electron chi connectivity index (χ0n) is 19.7. The third kappa shape index (κ3) is 4.27. The van der Waals surface area contributed by atoms with E-state index in [2.05, 4.69) is 5.32 Å². The summed E-state index contributed by atoms with van der Waals surface area (Å²) in [7, 11) is 0. The number of hydrogen-bond donors (Lipinski definition) is 1. The fourth-order valence-electron chi connectivity index (χ4n) is 5.57. The highest BCUT2D eigenvalue weighted by atomic mass is 16.5. The maximum absolute atomic E-state index is 13.5. The van der Waals surface area contributed by atoms with Gasteiger partial charge in [0.2, 0.25) is 17.7 Å². The second kappa shape index (κ2) is 9.13. The third-order valence-corrected chi connectivity index (χ3v) is 7.12. The van der Waals surface area contributed by atoms with Crippen molar-refractivity contribution in [2.75, 3.05) is 5.32 Å². The molecular weight excluding hydrogens is 444 g/mol. The molecular formula is C28H28N2O5. The van der Waals surface area contributed by atoms with Crippen LogP contribution in [0.1, 0.15) is 36.2 Å². The second-order valence-corrected chi connectivity index (χ2v) is 9.77. The van der Waals surface area contributed by atoms with Gasteiger partial charge in [0, 0.05) is 12.1 Å². The zero-order chi connectivity index (χ0) is 24.7. The molecule has 35 heavy (non-hydrogen) atoms. The van der Waals surface area contributed by atoms with Gasteiger partial charge in [0.15, 0.2) is 0 Å². The van der Waals surface area contributed by atoms with E-state index in [1.807, 2.05) is 42.5 Å². The molecule has 2 fully saturated rings. The molecule has 2 aromatic rings. The Hall–Kier alpha value is -3.74. The minimum atomic E-state index is -0.965. The summed E-state index contributed by atoms with van der Waals surface area (Å²) in [5.74, 6) is -1.96. The van der Waals surface area contributed by atoms with E-state index in [9.17, 15) is 19.2 Å². The van der Waals surface area contributed by atoms with Crippen LogP contribution in [0.15, 0.2) is 66.7 Å². The van der Waals surface area contributed by atoms with Crippen LogP contribution in [0.5, 0.6) is 0 Å². The van der Waals surface area contributed by atoms with E-state index in [4.69, 9.17) is 4.74 Å². The molecule has 2 aromatic carbocycles. The summed E-state index contributed by atoms with van der Waals surface area (Å²) >= 11 is 0. The number of allylic oxidation sites excluding steroid dienone is 2. The van der Waals surface area contributed by atoms with Crippen molar-refractivity contribution >= 4 is 29.4 Å². The quantitative estimate of drug-likeness (QED) is 0.378. The first-order valence-electron chi connectivity index (χ1n) is 12.0. The Kier molecular flexibility index (Phi) is 6.01. The molecule has 1 saturated heterocycles. The summed E-state index contributed by atoms with van der Waals surface area (Å²) in [5, 5.41) is 2.84. The van der Waals surface area contributed by atoms with Gasteiger partial charge < -0.3 is 10.1 Å². The van der Waals surface area contributed by atoms with E-state index in [1.54, 1.807) is 38.1 Å². The Morgan fingerprint density at radius 2 is 1.54 bits per heavy atom. The smallest absolute Gasteiger partial charge is 0.338 e. The lowest BCUT2D eigenvalue weighted by Crippen LogP contribution is -2.49. The number of esters is 1. The van der Waals surface area contributed by atoms with Gasteiger partial charge >= 0.3 is 5.97 Å². The zero-order valence-corrected chi connectivity index (χ0v) is 19.7. The Bertz CT molecular complexity index is 1160. The van der Waals surface area contributed by atoms with E-state index in [-0.39, 0.29) is 48.0 Å². The fourth-order valence-corrected chi connectivity index (χ4v) is 5.57. The predicted molar refractivity (Wildman–Crippen MR) is 129 cm³/mol. The van der Waals surface area contributed by atoms with Crippen LogP contribution in [-0.4, -0.2) is 40.7 Å². The molecule has 1 saturated carbocycles. The first kappa shape index (κ1) is 23.0. The van der Waals surface area contributed by atoms with Gasteiger partial charge in [0.1, 0.15) is 6.04 Å². The minimum Gasteiger partial charge on any atom is -0.459 e. The van der Waals surface area contributed by atoms with E-state index in [0.29, 0.717) is 11.3 Å². The van der Waals surface area contributed by atoms with Crippen LogP contribution in [0.2, 0.25) is 0 Å². The summed E-state index contributed by atoms with van der Waals surface area (Å²) < 4.78 is 5.20. The molecule has 1 heterocycles. The Morgan fingerprint density at radius 1 is 0.943 bits per heavy atom. The average Bonchev–Trinajstić information content (AvgIpc) is 3.52. The van der Waals surface area contributed by atoms with Crippen molar-refractivity contribution in [1.82, 2.24) is 4.90 Å². The Balaban J connectivity index is 1.38. The van der Waals surface area contributed by atoms with Gasteiger partial charge in [-0.1, -0.05) is 42.5 Å². The first-order chi connectivity index (χ1) is 16.8. The van der Waals surface area contributed by atoms with Crippen molar-refractivity contribution in [1.29, 1.82) is 0 Å². The fraction of sp³-hybridized carbons (Fsp3) is 0.357. The summed E-state index contributed by atoms with van der Waals surface area (Å²) in [6, 6.07) is 14.8. The van der Waals surface area contributed by atoms with Crippen LogP contribution in [0, 0.1) is 23.7 Å². The van der Waals surface area contributed by atoms with Crippen molar-refractivity contribution in [3.63, 3.8) is 0 Å². The molecule has 7 nitrogen and oxygen atoms in total. The minimum absolute atomic E-state index is 0.0741. The highest BCUT2D eigenvalue weighted by Gasteiger charge is 2.61. The van der Waals surface area contributed by atoms with Crippen molar-refractivity contribution in [2.45, 2.75) is 38.8 Å². The highest BCUT2D eigenvalue weighted by molar-refractivity contribution is 6.11. The monoisotopic (exact) mass is 472 g/mol. The third-order valence-electron chi connectivity index (χ3n) is 7.12. The Labute approximate surface area is 204 Å². The molecule has 0 radical (unpaired) electrons. The van der Waals surface area contributed by atoms with Gasteiger partial charge in [0.25, 0.3) is 0 Å².